The topological polar surface area (TPSA) is 53.6 Å². The van der Waals surface area contributed by atoms with Crippen molar-refractivity contribution in [3.8, 4) is 0 Å². The summed E-state index contributed by atoms with van der Waals surface area (Å²) in [5.41, 5.74) is 2.29. The Labute approximate surface area is 98.4 Å². The maximum atomic E-state index is 6.10. The van der Waals surface area contributed by atoms with E-state index in [9.17, 15) is 0 Å². The number of likely N-dealkylation sites (N-methyl/N-ethyl adjacent to an activating group) is 1. The van der Waals surface area contributed by atoms with E-state index in [4.69, 9.17) is 11.6 Å². The van der Waals surface area contributed by atoms with Crippen molar-refractivity contribution in [2.75, 3.05) is 7.05 Å². The molecule has 2 N–H and O–H groups in total. The Balaban J connectivity index is 2.04. The van der Waals surface area contributed by atoms with Gasteiger partial charge in [-0.1, -0.05) is 11.6 Å². The van der Waals surface area contributed by atoms with Gasteiger partial charge in [0.1, 0.15) is 17.1 Å². The standard InChI is InChI=1S/C11H13ClN4/c1-13-11(2-3-11)4-7-5-14-10-8(7)9(12)15-6-16-10/h5-6,13H,2-4H2,1H3,(H,14,15,16). The molecule has 0 atom stereocenters. The quantitative estimate of drug-likeness (QED) is 0.801. The third kappa shape index (κ3) is 1.49. The Morgan fingerprint density at radius 3 is 3.00 bits per heavy atom. The second-order valence-electron chi connectivity index (χ2n) is 4.41. The number of aromatic amines is 1. The van der Waals surface area contributed by atoms with E-state index < -0.39 is 0 Å². The third-order valence-corrected chi connectivity index (χ3v) is 3.70. The molecule has 5 heteroatoms. The maximum Gasteiger partial charge on any atom is 0.142 e. The van der Waals surface area contributed by atoms with Crippen LogP contribution in [0.15, 0.2) is 12.5 Å². The fraction of sp³-hybridized carbons (Fsp3) is 0.455. The number of H-pyrrole nitrogens is 1. The molecular formula is C11H13ClN4. The monoisotopic (exact) mass is 236 g/mol. The largest absolute Gasteiger partial charge is 0.346 e. The number of halogens is 1. The normalized spacial score (nSPS) is 17.9. The van der Waals surface area contributed by atoms with E-state index in [-0.39, 0.29) is 5.54 Å². The summed E-state index contributed by atoms with van der Waals surface area (Å²) >= 11 is 6.10. The van der Waals surface area contributed by atoms with Crippen LogP contribution in [0.1, 0.15) is 18.4 Å². The summed E-state index contributed by atoms with van der Waals surface area (Å²) < 4.78 is 0. The van der Waals surface area contributed by atoms with Crippen molar-refractivity contribution in [1.29, 1.82) is 0 Å². The van der Waals surface area contributed by atoms with Crippen molar-refractivity contribution < 1.29 is 0 Å². The van der Waals surface area contributed by atoms with Crippen molar-refractivity contribution >= 4 is 22.6 Å². The van der Waals surface area contributed by atoms with Crippen LogP contribution in [0.2, 0.25) is 5.15 Å². The molecule has 0 unspecified atom stereocenters. The minimum Gasteiger partial charge on any atom is -0.346 e. The van der Waals surface area contributed by atoms with Gasteiger partial charge in [0.15, 0.2) is 0 Å². The second kappa shape index (κ2) is 3.43. The van der Waals surface area contributed by atoms with Gasteiger partial charge in [-0.3, -0.25) is 0 Å². The molecule has 0 saturated heterocycles. The summed E-state index contributed by atoms with van der Waals surface area (Å²) in [5, 5.41) is 4.88. The Morgan fingerprint density at radius 2 is 2.31 bits per heavy atom. The van der Waals surface area contributed by atoms with Crippen molar-refractivity contribution in [3.63, 3.8) is 0 Å². The van der Waals surface area contributed by atoms with E-state index in [0.717, 1.165) is 17.5 Å². The first-order chi connectivity index (χ1) is 7.74. The van der Waals surface area contributed by atoms with Crippen LogP contribution in [0.5, 0.6) is 0 Å². The highest BCUT2D eigenvalue weighted by molar-refractivity contribution is 6.34. The SMILES string of the molecule is CNC1(Cc2c[nH]c3ncnc(Cl)c23)CC1. The molecule has 3 rings (SSSR count). The molecule has 1 fully saturated rings. The number of fused-ring (bicyclic) bond motifs is 1. The number of nitrogens with zero attached hydrogens (tertiary/aromatic N) is 2. The number of rotatable bonds is 3. The Kier molecular flexibility index (Phi) is 2.16. The summed E-state index contributed by atoms with van der Waals surface area (Å²) in [6.07, 6.45) is 6.90. The number of nitrogens with one attached hydrogen (secondary N) is 2. The molecule has 2 heterocycles. The van der Waals surface area contributed by atoms with Gasteiger partial charge in [-0.25, -0.2) is 9.97 Å². The second-order valence-corrected chi connectivity index (χ2v) is 4.77. The molecule has 1 aliphatic rings. The highest BCUT2D eigenvalue weighted by Crippen LogP contribution is 2.39. The van der Waals surface area contributed by atoms with Crippen LogP contribution in [-0.2, 0) is 6.42 Å². The molecule has 1 aliphatic carbocycles. The van der Waals surface area contributed by atoms with Crippen LogP contribution in [0.4, 0.5) is 0 Å². The molecule has 2 aromatic heterocycles. The van der Waals surface area contributed by atoms with Crippen LogP contribution in [0.3, 0.4) is 0 Å². The number of aromatic nitrogens is 3. The van der Waals surface area contributed by atoms with Crippen molar-refractivity contribution in [2.45, 2.75) is 24.8 Å². The zero-order chi connectivity index (χ0) is 11.2. The minimum absolute atomic E-state index is 0.272. The first-order valence-corrected chi connectivity index (χ1v) is 5.77. The average Bonchev–Trinajstić information content (AvgIpc) is 2.94. The summed E-state index contributed by atoms with van der Waals surface area (Å²) in [4.78, 5) is 11.3. The molecule has 0 aromatic carbocycles. The van der Waals surface area contributed by atoms with Gasteiger partial charge in [-0.15, -0.1) is 0 Å². The molecule has 4 nitrogen and oxygen atoms in total. The molecule has 0 amide bonds. The molecule has 84 valence electrons. The van der Waals surface area contributed by atoms with Crippen molar-refractivity contribution in [2.24, 2.45) is 0 Å². The van der Waals surface area contributed by atoms with E-state index in [1.54, 1.807) is 0 Å². The van der Waals surface area contributed by atoms with E-state index in [1.165, 1.54) is 24.7 Å². The number of hydrogen-bond acceptors (Lipinski definition) is 3. The molecule has 1 saturated carbocycles. The fourth-order valence-electron chi connectivity index (χ4n) is 2.16. The molecule has 0 radical (unpaired) electrons. The lowest BCUT2D eigenvalue weighted by Crippen LogP contribution is -2.29. The molecular weight excluding hydrogens is 224 g/mol. The van der Waals surface area contributed by atoms with Crippen LogP contribution in [0.25, 0.3) is 11.0 Å². The lowest BCUT2D eigenvalue weighted by Gasteiger charge is -2.12. The van der Waals surface area contributed by atoms with Gasteiger partial charge in [-0.05, 0) is 31.9 Å². The smallest absolute Gasteiger partial charge is 0.142 e. The molecule has 16 heavy (non-hydrogen) atoms. The van der Waals surface area contributed by atoms with Gasteiger partial charge in [0.2, 0.25) is 0 Å². The molecule has 0 bridgehead atoms. The Morgan fingerprint density at radius 1 is 1.50 bits per heavy atom. The summed E-state index contributed by atoms with van der Waals surface area (Å²) in [7, 11) is 2.01. The molecule has 0 spiro atoms. The zero-order valence-corrected chi connectivity index (χ0v) is 9.80. The first kappa shape index (κ1) is 10.1. The molecule has 0 aliphatic heterocycles. The fourth-order valence-corrected chi connectivity index (χ4v) is 2.41. The third-order valence-electron chi connectivity index (χ3n) is 3.42. The van der Waals surface area contributed by atoms with Crippen LogP contribution in [0, 0.1) is 0 Å². The summed E-state index contributed by atoms with van der Waals surface area (Å²) in [6.45, 7) is 0. The van der Waals surface area contributed by atoms with Gasteiger partial charge in [0.25, 0.3) is 0 Å². The average molecular weight is 237 g/mol. The van der Waals surface area contributed by atoms with Crippen molar-refractivity contribution in [3.05, 3.63) is 23.2 Å². The predicted molar refractivity (Wildman–Crippen MR) is 63.6 cm³/mol. The van der Waals surface area contributed by atoms with Gasteiger partial charge in [0.05, 0.1) is 5.39 Å². The van der Waals surface area contributed by atoms with E-state index in [1.807, 2.05) is 13.2 Å². The zero-order valence-electron chi connectivity index (χ0n) is 9.05. The van der Waals surface area contributed by atoms with Gasteiger partial charge in [0, 0.05) is 11.7 Å². The first-order valence-electron chi connectivity index (χ1n) is 5.39. The minimum atomic E-state index is 0.272. The van der Waals surface area contributed by atoms with E-state index >= 15 is 0 Å². The maximum absolute atomic E-state index is 6.10. The van der Waals surface area contributed by atoms with E-state index in [0.29, 0.717) is 5.15 Å². The predicted octanol–water partition coefficient (Wildman–Crippen LogP) is 1.91. The highest BCUT2D eigenvalue weighted by atomic mass is 35.5. The lowest BCUT2D eigenvalue weighted by molar-refractivity contribution is 0.550. The highest BCUT2D eigenvalue weighted by Gasteiger charge is 2.41. The summed E-state index contributed by atoms with van der Waals surface area (Å²) in [5.74, 6) is 0. The Bertz CT molecular complexity index is 530. The van der Waals surface area contributed by atoms with Gasteiger partial charge in [-0.2, -0.15) is 0 Å². The van der Waals surface area contributed by atoms with Crippen molar-refractivity contribution in [1.82, 2.24) is 20.3 Å². The van der Waals surface area contributed by atoms with Gasteiger partial charge < -0.3 is 10.3 Å². The van der Waals surface area contributed by atoms with Crippen LogP contribution in [-0.4, -0.2) is 27.5 Å². The van der Waals surface area contributed by atoms with Crippen LogP contribution < -0.4 is 5.32 Å². The summed E-state index contributed by atoms with van der Waals surface area (Å²) in [6, 6.07) is 0. The Hall–Kier alpha value is -1.13. The van der Waals surface area contributed by atoms with Gasteiger partial charge >= 0.3 is 0 Å². The number of hydrogen-bond donors (Lipinski definition) is 2. The lowest BCUT2D eigenvalue weighted by atomic mass is 10.1. The van der Waals surface area contributed by atoms with E-state index in [2.05, 4.69) is 20.3 Å². The molecule has 2 aromatic rings. The van der Waals surface area contributed by atoms with Crippen LogP contribution >= 0.6 is 11.6 Å².